The first-order valence-corrected chi connectivity index (χ1v) is 7.63. The van der Waals surface area contributed by atoms with Gasteiger partial charge in [0.1, 0.15) is 0 Å². The number of aliphatic carboxylic acids is 1. The Hall–Kier alpha value is -1.56. The molecule has 0 aliphatic rings. The molecule has 1 unspecified atom stereocenters. The van der Waals surface area contributed by atoms with Gasteiger partial charge in [0.15, 0.2) is 0 Å². The lowest BCUT2D eigenvalue weighted by Crippen LogP contribution is -2.45. The maximum Gasteiger partial charge on any atom is 0.315 e. The molecule has 0 aliphatic carbocycles. The Bertz CT molecular complexity index is 457. The van der Waals surface area contributed by atoms with Crippen molar-refractivity contribution in [3.8, 4) is 0 Å². The maximum absolute atomic E-state index is 11.8. The molecule has 0 saturated carbocycles. The predicted octanol–water partition coefficient (Wildman–Crippen LogP) is 2.61. The molecule has 1 rings (SSSR count). The third-order valence-electron chi connectivity index (χ3n) is 3.14. The molecule has 3 N–H and O–H groups in total. The predicted molar refractivity (Wildman–Crippen MR) is 79.9 cm³/mol. The summed E-state index contributed by atoms with van der Waals surface area (Å²) in [6.45, 7) is 6.34. The van der Waals surface area contributed by atoms with Gasteiger partial charge >= 0.3 is 12.0 Å². The van der Waals surface area contributed by atoms with Crippen molar-refractivity contribution >= 4 is 23.3 Å². The van der Waals surface area contributed by atoms with Crippen LogP contribution in [0.1, 0.15) is 37.6 Å². The van der Waals surface area contributed by atoms with Crippen LogP contribution in [0.2, 0.25) is 0 Å². The Morgan fingerprint density at radius 2 is 2.10 bits per heavy atom. The van der Waals surface area contributed by atoms with Crippen LogP contribution in [0.5, 0.6) is 0 Å². The number of thiophene rings is 1. The smallest absolute Gasteiger partial charge is 0.315 e. The molecule has 1 heterocycles. The van der Waals surface area contributed by atoms with Crippen LogP contribution in [-0.2, 0) is 17.8 Å². The molecule has 6 heteroatoms. The van der Waals surface area contributed by atoms with Crippen LogP contribution in [0.25, 0.3) is 0 Å². The molecule has 5 nitrogen and oxygen atoms in total. The Kier molecular flexibility index (Phi) is 6.51. The van der Waals surface area contributed by atoms with Crippen molar-refractivity contribution in [2.45, 2.75) is 46.2 Å². The number of carboxylic acid groups (broad SMARTS) is 1. The summed E-state index contributed by atoms with van der Waals surface area (Å²) in [5, 5.41) is 16.3. The second-order valence-electron chi connectivity index (χ2n) is 5.00. The summed E-state index contributed by atoms with van der Waals surface area (Å²) in [5.74, 6) is -0.833. The van der Waals surface area contributed by atoms with Gasteiger partial charge in [-0.15, -0.1) is 11.3 Å². The van der Waals surface area contributed by atoms with Crippen molar-refractivity contribution < 1.29 is 14.7 Å². The van der Waals surface area contributed by atoms with E-state index >= 15 is 0 Å². The monoisotopic (exact) mass is 298 g/mol. The van der Waals surface area contributed by atoms with E-state index in [0.717, 1.165) is 11.3 Å². The highest BCUT2D eigenvalue weighted by molar-refractivity contribution is 7.10. The second-order valence-corrected chi connectivity index (χ2v) is 6.00. The van der Waals surface area contributed by atoms with E-state index in [2.05, 4.69) is 23.6 Å². The minimum Gasteiger partial charge on any atom is -0.481 e. The Morgan fingerprint density at radius 1 is 1.40 bits per heavy atom. The van der Waals surface area contributed by atoms with Gasteiger partial charge in [0.25, 0.3) is 0 Å². The molecule has 112 valence electrons. The number of carbonyl (C=O) groups excluding carboxylic acids is 1. The van der Waals surface area contributed by atoms with Gasteiger partial charge in [0.05, 0.1) is 13.0 Å². The van der Waals surface area contributed by atoms with E-state index < -0.39 is 5.97 Å². The average Bonchev–Trinajstić information content (AvgIpc) is 2.82. The van der Waals surface area contributed by atoms with Crippen LogP contribution < -0.4 is 10.6 Å². The number of carbonyl (C=O) groups is 2. The lowest BCUT2D eigenvalue weighted by atomic mass is 10.0. The average molecular weight is 298 g/mol. The fourth-order valence-electron chi connectivity index (χ4n) is 1.86. The van der Waals surface area contributed by atoms with Gasteiger partial charge in [-0.2, -0.15) is 0 Å². The zero-order valence-corrected chi connectivity index (χ0v) is 12.9. The van der Waals surface area contributed by atoms with E-state index in [4.69, 9.17) is 5.11 Å². The van der Waals surface area contributed by atoms with E-state index in [1.54, 1.807) is 11.3 Å². The van der Waals surface area contributed by atoms with E-state index in [9.17, 15) is 9.59 Å². The number of amides is 2. The highest BCUT2D eigenvalue weighted by Gasteiger charge is 2.19. The largest absolute Gasteiger partial charge is 0.481 e. The molecule has 0 aromatic carbocycles. The van der Waals surface area contributed by atoms with Crippen LogP contribution in [0.3, 0.4) is 0 Å². The number of rotatable bonds is 7. The van der Waals surface area contributed by atoms with Crippen LogP contribution in [0.4, 0.5) is 4.79 Å². The van der Waals surface area contributed by atoms with E-state index in [-0.39, 0.29) is 24.4 Å². The van der Waals surface area contributed by atoms with E-state index in [1.165, 1.54) is 5.56 Å². The Labute approximate surface area is 123 Å². The topological polar surface area (TPSA) is 78.4 Å². The minimum absolute atomic E-state index is 0.0652. The molecule has 1 aromatic rings. The molecular weight excluding hydrogens is 276 g/mol. The van der Waals surface area contributed by atoms with Crippen molar-refractivity contribution in [1.82, 2.24) is 10.6 Å². The summed E-state index contributed by atoms with van der Waals surface area (Å²) in [4.78, 5) is 23.7. The maximum atomic E-state index is 11.8. The van der Waals surface area contributed by atoms with Crippen molar-refractivity contribution in [1.29, 1.82) is 0 Å². The first kappa shape index (κ1) is 16.5. The van der Waals surface area contributed by atoms with Gasteiger partial charge in [-0.25, -0.2) is 4.79 Å². The lowest BCUT2D eigenvalue weighted by Gasteiger charge is -2.20. The van der Waals surface area contributed by atoms with Crippen LogP contribution in [0, 0.1) is 5.92 Å². The molecule has 0 spiro atoms. The summed E-state index contributed by atoms with van der Waals surface area (Å²) in [6.07, 6.45) is 0.875. The van der Waals surface area contributed by atoms with Gasteiger partial charge in [-0.3, -0.25) is 4.79 Å². The lowest BCUT2D eigenvalue weighted by molar-refractivity contribution is -0.137. The quantitative estimate of drug-likeness (QED) is 0.724. The fraction of sp³-hybridized carbons (Fsp3) is 0.571. The van der Waals surface area contributed by atoms with Crippen molar-refractivity contribution in [3.05, 3.63) is 21.9 Å². The molecule has 1 atom stereocenters. The first-order chi connectivity index (χ1) is 9.43. The number of urea groups is 1. The molecule has 2 amide bonds. The number of nitrogens with one attached hydrogen (secondary N) is 2. The van der Waals surface area contributed by atoms with Gasteiger partial charge in [-0.1, -0.05) is 20.8 Å². The molecule has 1 aromatic heterocycles. The SMILES string of the molecule is CCc1ccsc1CNC(=O)NC(CC(=O)O)C(C)C. The number of aryl methyl sites for hydroxylation is 1. The highest BCUT2D eigenvalue weighted by Crippen LogP contribution is 2.16. The van der Waals surface area contributed by atoms with E-state index in [1.807, 2.05) is 19.2 Å². The number of hydrogen-bond donors (Lipinski definition) is 3. The van der Waals surface area contributed by atoms with Crippen molar-refractivity contribution in [3.63, 3.8) is 0 Å². The van der Waals surface area contributed by atoms with Crippen LogP contribution in [0.15, 0.2) is 11.4 Å². The van der Waals surface area contributed by atoms with Gasteiger partial charge in [0.2, 0.25) is 0 Å². The zero-order valence-electron chi connectivity index (χ0n) is 12.1. The highest BCUT2D eigenvalue weighted by atomic mass is 32.1. The second kappa shape index (κ2) is 7.89. The molecule has 0 bridgehead atoms. The number of hydrogen-bond acceptors (Lipinski definition) is 3. The molecule has 20 heavy (non-hydrogen) atoms. The summed E-state index contributed by atoms with van der Waals surface area (Å²) >= 11 is 1.62. The fourth-order valence-corrected chi connectivity index (χ4v) is 2.77. The molecule has 0 aliphatic heterocycles. The summed E-state index contributed by atoms with van der Waals surface area (Å²) < 4.78 is 0. The third-order valence-corrected chi connectivity index (χ3v) is 4.11. The molecule has 0 fully saturated rings. The summed E-state index contributed by atoms with van der Waals surface area (Å²) in [6, 6.07) is 1.38. The zero-order chi connectivity index (χ0) is 15.1. The summed E-state index contributed by atoms with van der Waals surface area (Å²) in [5.41, 5.74) is 1.24. The van der Waals surface area contributed by atoms with Crippen LogP contribution >= 0.6 is 11.3 Å². The van der Waals surface area contributed by atoms with Gasteiger partial charge < -0.3 is 15.7 Å². The minimum atomic E-state index is -0.907. The first-order valence-electron chi connectivity index (χ1n) is 6.75. The Balaban J connectivity index is 2.48. The molecule has 0 saturated heterocycles. The van der Waals surface area contributed by atoms with Crippen molar-refractivity contribution in [2.24, 2.45) is 5.92 Å². The standard InChI is InChI=1S/C14H22N2O3S/c1-4-10-5-6-20-12(10)8-15-14(19)16-11(9(2)3)7-13(17)18/h5-6,9,11H,4,7-8H2,1-3H3,(H,17,18)(H2,15,16,19). The third kappa shape index (κ3) is 5.21. The molecule has 0 radical (unpaired) electrons. The van der Waals surface area contributed by atoms with Gasteiger partial charge in [0, 0.05) is 10.9 Å². The van der Waals surface area contributed by atoms with Crippen molar-refractivity contribution in [2.75, 3.05) is 0 Å². The molecular formula is C14H22N2O3S. The van der Waals surface area contributed by atoms with Crippen LogP contribution in [-0.4, -0.2) is 23.1 Å². The number of carboxylic acids is 1. The normalized spacial score (nSPS) is 12.2. The summed E-state index contributed by atoms with van der Waals surface area (Å²) in [7, 11) is 0. The Morgan fingerprint density at radius 3 is 2.65 bits per heavy atom. The van der Waals surface area contributed by atoms with Gasteiger partial charge in [-0.05, 0) is 29.3 Å². The van der Waals surface area contributed by atoms with E-state index in [0.29, 0.717) is 6.54 Å².